The molecule has 0 bridgehead atoms. The smallest absolute Gasteiger partial charge is 0.257 e. The normalized spacial score (nSPS) is 14.7. The van der Waals surface area contributed by atoms with Crippen molar-refractivity contribution >= 4 is 23.2 Å². The van der Waals surface area contributed by atoms with Crippen molar-refractivity contribution in [3.63, 3.8) is 0 Å². The SMILES string of the molecule is CN(C(=O)CN1CCOCC1)c1ccccc1C(=O)Nc1ccccc1. The van der Waals surface area contributed by atoms with Gasteiger partial charge < -0.3 is 15.0 Å². The third-order valence-electron chi connectivity index (χ3n) is 4.38. The molecule has 1 aliphatic rings. The fraction of sp³-hybridized carbons (Fsp3) is 0.300. The number of likely N-dealkylation sites (N-methyl/N-ethyl adjacent to an activating group) is 1. The van der Waals surface area contributed by atoms with Crippen LogP contribution in [-0.2, 0) is 9.53 Å². The van der Waals surface area contributed by atoms with Crippen molar-refractivity contribution in [2.45, 2.75) is 0 Å². The summed E-state index contributed by atoms with van der Waals surface area (Å²) in [7, 11) is 1.71. The van der Waals surface area contributed by atoms with Crippen LogP contribution in [0.2, 0.25) is 0 Å². The quantitative estimate of drug-likeness (QED) is 0.895. The highest BCUT2D eigenvalue weighted by Crippen LogP contribution is 2.21. The molecule has 0 aliphatic carbocycles. The molecule has 1 heterocycles. The topological polar surface area (TPSA) is 61.9 Å². The molecule has 1 aliphatic heterocycles. The first kappa shape index (κ1) is 18.1. The number of rotatable bonds is 5. The minimum atomic E-state index is -0.238. The summed E-state index contributed by atoms with van der Waals surface area (Å²) in [6.45, 7) is 3.10. The number of nitrogens with zero attached hydrogens (tertiary/aromatic N) is 2. The average Bonchev–Trinajstić information content (AvgIpc) is 2.69. The van der Waals surface area contributed by atoms with E-state index in [9.17, 15) is 9.59 Å². The van der Waals surface area contributed by atoms with Crippen LogP contribution in [0, 0.1) is 0 Å². The van der Waals surface area contributed by atoms with E-state index >= 15 is 0 Å². The van der Waals surface area contributed by atoms with Crippen molar-refractivity contribution in [3.8, 4) is 0 Å². The van der Waals surface area contributed by atoms with Gasteiger partial charge >= 0.3 is 0 Å². The van der Waals surface area contributed by atoms with E-state index in [0.717, 1.165) is 18.8 Å². The van der Waals surface area contributed by atoms with Crippen LogP contribution >= 0.6 is 0 Å². The number of carbonyl (C=O) groups is 2. The van der Waals surface area contributed by atoms with Crippen LogP contribution in [0.25, 0.3) is 0 Å². The lowest BCUT2D eigenvalue weighted by Gasteiger charge is -2.28. The van der Waals surface area contributed by atoms with Crippen LogP contribution in [0.4, 0.5) is 11.4 Å². The van der Waals surface area contributed by atoms with Crippen molar-refractivity contribution in [3.05, 3.63) is 60.2 Å². The van der Waals surface area contributed by atoms with E-state index in [4.69, 9.17) is 4.74 Å². The number of hydrogen-bond donors (Lipinski definition) is 1. The molecule has 0 aromatic heterocycles. The highest BCUT2D eigenvalue weighted by atomic mass is 16.5. The minimum absolute atomic E-state index is 0.0492. The van der Waals surface area contributed by atoms with Gasteiger partial charge in [0.25, 0.3) is 5.91 Å². The largest absolute Gasteiger partial charge is 0.379 e. The van der Waals surface area contributed by atoms with Gasteiger partial charge in [0, 0.05) is 25.8 Å². The number of nitrogens with one attached hydrogen (secondary N) is 1. The summed E-state index contributed by atoms with van der Waals surface area (Å²) in [4.78, 5) is 28.9. The number of benzene rings is 2. The molecule has 1 fully saturated rings. The van der Waals surface area contributed by atoms with Gasteiger partial charge in [0.2, 0.25) is 5.91 Å². The second-order valence-corrected chi connectivity index (χ2v) is 6.18. The van der Waals surface area contributed by atoms with Crippen molar-refractivity contribution in [2.75, 3.05) is 50.1 Å². The number of amides is 2. The molecule has 136 valence electrons. The van der Waals surface area contributed by atoms with E-state index in [0.29, 0.717) is 31.0 Å². The molecule has 6 nitrogen and oxygen atoms in total. The zero-order valence-corrected chi connectivity index (χ0v) is 14.9. The van der Waals surface area contributed by atoms with Crippen molar-refractivity contribution in [1.82, 2.24) is 4.90 Å². The van der Waals surface area contributed by atoms with Crippen LogP contribution < -0.4 is 10.2 Å². The molecule has 3 rings (SSSR count). The van der Waals surface area contributed by atoms with Gasteiger partial charge in [-0.3, -0.25) is 14.5 Å². The second kappa shape index (κ2) is 8.60. The van der Waals surface area contributed by atoms with Gasteiger partial charge in [-0.15, -0.1) is 0 Å². The molecule has 0 spiro atoms. The van der Waals surface area contributed by atoms with Crippen LogP contribution in [0.1, 0.15) is 10.4 Å². The Kier molecular flexibility index (Phi) is 5.99. The zero-order chi connectivity index (χ0) is 18.4. The Morgan fingerprint density at radius 1 is 1.04 bits per heavy atom. The van der Waals surface area contributed by atoms with Gasteiger partial charge in [-0.2, -0.15) is 0 Å². The summed E-state index contributed by atoms with van der Waals surface area (Å²) in [5.74, 6) is -0.287. The van der Waals surface area contributed by atoms with Gasteiger partial charge in [0.05, 0.1) is 31.0 Å². The molecule has 2 aromatic carbocycles. The van der Waals surface area contributed by atoms with Crippen LogP contribution in [0.15, 0.2) is 54.6 Å². The summed E-state index contributed by atoms with van der Waals surface area (Å²) in [6, 6.07) is 16.4. The molecule has 0 saturated carbocycles. The van der Waals surface area contributed by atoms with E-state index < -0.39 is 0 Å². The molecule has 0 radical (unpaired) electrons. The third kappa shape index (κ3) is 4.47. The molecule has 2 aromatic rings. The van der Waals surface area contributed by atoms with E-state index in [-0.39, 0.29) is 11.8 Å². The van der Waals surface area contributed by atoms with E-state index in [1.807, 2.05) is 36.4 Å². The summed E-state index contributed by atoms with van der Waals surface area (Å²) in [6.07, 6.45) is 0. The van der Waals surface area contributed by atoms with Gasteiger partial charge in [-0.1, -0.05) is 30.3 Å². The molecule has 1 N–H and O–H groups in total. The Balaban J connectivity index is 1.73. The molecule has 2 amide bonds. The Hall–Kier alpha value is -2.70. The second-order valence-electron chi connectivity index (χ2n) is 6.18. The molecule has 26 heavy (non-hydrogen) atoms. The average molecular weight is 353 g/mol. The molecular weight excluding hydrogens is 330 g/mol. The number of hydrogen-bond acceptors (Lipinski definition) is 4. The Bertz CT molecular complexity index is 758. The number of anilines is 2. The first-order valence-electron chi connectivity index (χ1n) is 8.67. The predicted molar refractivity (Wildman–Crippen MR) is 102 cm³/mol. The molecule has 0 atom stereocenters. The summed E-state index contributed by atoms with van der Waals surface area (Å²) in [5, 5.41) is 2.87. The van der Waals surface area contributed by atoms with Gasteiger partial charge in [-0.25, -0.2) is 0 Å². The first-order valence-corrected chi connectivity index (χ1v) is 8.67. The van der Waals surface area contributed by atoms with Gasteiger partial charge in [0.15, 0.2) is 0 Å². The molecule has 6 heteroatoms. The lowest BCUT2D eigenvalue weighted by Crippen LogP contribution is -2.44. The minimum Gasteiger partial charge on any atom is -0.379 e. The maximum Gasteiger partial charge on any atom is 0.257 e. The standard InChI is InChI=1S/C20H23N3O3/c1-22(19(24)15-23-11-13-26-14-12-23)18-10-6-5-9-17(18)20(25)21-16-7-3-2-4-8-16/h2-10H,11-15H2,1H3,(H,21,25). The summed E-state index contributed by atoms with van der Waals surface area (Å²) in [5.41, 5.74) is 1.78. The number of para-hydroxylation sites is 2. The summed E-state index contributed by atoms with van der Waals surface area (Å²) < 4.78 is 5.31. The Labute approximate surface area is 153 Å². The van der Waals surface area contributed by atoms with E-state index in [2.05, 4.69) is 10.2 Å². The number of morpholine rings is 1. The lowest BCUT2D eigenvalue weighted by atomic mass is 10.1. The monoisotopic (exact) mass is 353 g/mol. The third-order valence-corrected chi connectivity index (χ3v) is 4.38. The first-order chi connectivity index (χ1) is 12.6. The summed E-state index contributed by atoms with van der Waals surface area (Å²) >= 11 is 0. The zero-order valence-electron chi connectivity index (χ0n) is 14.9. The Morgan fingerprint density at radius 3 is 2.42 bits per heavy atom. The van der Waals surface area contributed by atoms with Gasteiger partial charge in [0.1, 0.15) is 0 Å². The maximum absolute atomic E-state index is 12.7. The van der Waals surface area contributed by atoms with Gasteiger partial charge in [-0.05, 0) is 24.3 Å². The number of ether oxygens (including phenoxy) is 1. The Morgan fingerprint density at radius 2 is 1.69 bits per heavy atom. The van der Waals surface area contributed by atoms with E-state index in [1.54, 1.807) is 30.1 Å². The number of carbonyl (C=O) groups excluding carboxylic acids is 2. The maximum atomic E-state index is 12.7. The molecule has 1 saturated heterocycles. The molecular formula is C20H23N3O3. The van der Waals surface area contributed by atoms with Crippen molar-refractivity contribution < 1.29 is 14.3 Å². The van der Waals surface area contributed by atoms with Crippen LogP contribution in [0.3, 0.4) is 0 Å². The highest BCUT2D eigenvalue weighted by Gasteiger charge is 2.21. The van der Waals surface area contributed by atoms with Crippen molar-refractivity contribution in [1.29, 1.82) is 0 Å². The van der Waals surface area contributed by atoms with Crippen LogP contribution in [0.5, 0.6) is 0 Å². The highest BCUT2D eigenvalue weighted by molar-refractivity contribution is 6.10. The predicted octanol–water partition coefficient (Wildman–Crippen LogP) is 2.23. The van der Waals surface area contributed by atoms with Crippen molar-refractivity contribution in [2.24, 2.45) is 0 Å². The fourth-order valence-electron chi connectivity index (χ4n) is 2.87. The molecule has 0 unspecified atom stereocenters. The van der Waals surface area contributed by atoms with E-state index in [1.165, 1.54) is 0 Å². The van der Waals surface area contributed by atoms with Crippen LogP contribution in [-0.4, -0.2) is 56.6 Å². The fourth-order valence-corrected chi connectivity index (χ4v) is 2.87. The lowest BCUT2D eigenvalue weighted by molar-refractivity contribution is -0.120.